The fourth-order valence-electron chi connectivity index (χ4n) is 4.30. The smallest absolute Gasteiger partial charge is 0.408 e. The highest BCUT2D eigenvalue weighted by Crippen LogP contribution is 2.12. The molecule has 12 nitrogen and oxygen atoms in total. The van der Waals surface area contributed by atoms with Crippen LogP contribution in [0.3, 0.4) is 0 Å². The van der Waals surface area contributed by atoms with Crippen LogP contribution >= 0.6 is 0 Å². The van der Waals surface area contributed by atoms with Crippen molar-refractivity contribution in [2.75, 3.05) is 13.7 Å². The number of esters is 1. The van der Waals surface area contributed by atoms with Gasteiger partial charge in [0.05, 0.1) is 7.11 Å². The van der Waals surface area contributed by atoms with Gasteiger partial charge in [-0.2, -0.15) is 0 Å². The number of carbonyl (C=O) groups is 5. The Hall–Kier alpha value is -4.45. The maximum absolute atomic E-state index is 13.4. The lowest BCUT2D eigenvalue weighted by Gasteiger charge is -2.28. The van der Waals surface area contributed by atoms with Crippen molar-refractivity contribution in [1.82, 2.24) is 21.0 Å². The van der Waals surface area contributed by atoms with Gasteiger partial charge >= 0.3 is 12.1 Å². The molecule has 0 saturated heterocycles. The van der Waals surface area contributed by atoms with Crippen molar-refractivity contribution in [3.05, 3.63) is 71.8 Å². The molecule has 5 N–H and O–H groups in total. The lowest BCUT2D eigenvalue weighted by atomic mass is 9.97. The second-order valence-corrected chi connectivity index (χ2v) is 11.6. The Labute approximate surface area is 259 Å². The number of hydrazine groups is 1. The number of benzene rings is 2. The average Bonchev–Trinajstić information content (AvgIpc) is 2.98. The molecule has 0 heterocycles. The summed E-state index contributed by atoms with van der Waals surface area (Å²) >= 11 is 0. The van der Waals surface area contributed by atoms with Crippen LogP contribution in [0.5, 0.6) is 0 Å². The molecule has 0 aliphatic carbocycles. The van der Waals surface area contributed by atoms with Crippen LogP contribution in [0.4, 0.5) is 4.79 Å². The molecule has 0 aliphatic rings. The van der Waals surface area contributed by atoms with Gasteiger partial charge in [-0.25, -0.2) is 15.4 Å². The zero-order valence-electron chi connectivity index (χ0n) is 26.3. The number of amides is 4. The molecule has 0 spiro atoms. The largest absolute Gasteiger partial charge is 0.467 e. The second kappa shape index (κ2) is 17.0. The lowest BCUT2D eigenvalue weighted by Crippen LogP contribution is -2.58. The summed E-state index contributed by atoms with van der Waals surface area (Å²) in [6.45, 7) is 8.12. The predicted molar refractivity (Wildman–Crippen MR) is 165 cm³/mol. The van der Waals surface area contributed by atoms with E-state index in [1.165, 1.54) is 7.11 Å². The van der Waals surface area contributed by atoms with E-state index < -0.39 is 60.1 Å². The van der Waals surface area contributed by atoms with Crippen LogP contribution in [0.2, 0.25) is 0 Å². The topological polar surface area (TPSA) is 169 Å². The molecule has 2 aromatic carbocycles. The fourth-order valence-corrected chi connectivity index (χ4v) is 4.30. The molecule has 0 bridgehead atoms. The van der Waals surface area contributed by atoms with Gasteiger partial charge in [0.1, 0.15) is 30.3 Å². The van der Waals surface area contributed by atoms with Crippen LogP contribution in [0, 0.1) is 5.92 Å². The van der Waals surface area contributed by atoms with E-state index in [9.17, 15) is 24.0 Å². The van der Waals surface area contributed by atoms with Gasteiger partial charge in [0.25, 0.3) is 5.91 Å². The third-order valence-electron chi connectivity index (χ3n) is 6.77. The molecule has 2 rings (SSSR count). The average molecular weight is 612 g/mol. The Morgan fingerprint density at radius 1 is 0.841 bits per heavy atom. The molecular formula is C32H45N5O7. The van der Waals surface area contributed by atoms with Crippen LogP contribution in [0.15, 0.2) is 60.7 Å². The van der Waals surface area contributed by atoms with Gasteiger partial charge in [0, 0.05) is 12.8 Å². The number of hydrogen-bond donors (Lipinski definition) is 4. The van der Waals surface area contributed by atoms with Crippen molar-refractivity contribution >= 4 is 29.8 Å². The Morgan fingerprint density at radius 3 is 1.84 bits per heavy atom. The van der Waals surface area contributed by atoms with E-state index in [0.717, 1.165) is 11.1 Å². The molecule has 0 fully saturated rings. The monoisotopic (exact) mass is 611 g/mol. The van der Waals surface area contributed by atoms with Gasteiger partial charge < -0.3 is 25.4 Å². The lowest BCUT2D eigenvalue weighted by molar-refractivity contribution is -0.145. The molecule has 2 aromatic rings. The molecule has 0 saturated carbocycles. The van der Waals surface area contributed by atoms with Crippen molar-refractivity contribution in [2.45, 2.75) is 77.6 Å². The zero-order valence-corrected chi connectivity index (χ0v) is 26.3. The minimum absolute atomic E-state index is 0.0997. The summed E-state index contributed by atoms with van der Waals surface area (Å²) in [7, 11) is 1.23. The van der Waals surface area contributed by atoms with Crippen molar-refractivity contribution in [2.24, 2.45) is 11.8 Å². The number of ether oxygens (including phenoxy) is 2. The third kappa shape index (κ3) is 12.0. The summed E-state index contributed by atoms with van der Waals surface area (Å²) in [4.78, 5) is 64.8. The van der Waals surface area contributed by atoms with Crippen molar-refractivity contribution in [1.29, 1.82) is 0 Å². The van der Waals surface area contributed by atoms with E-state index in [2.05, 4.69) is 16.0 Å². The maximum Gasteiger partial charge on any atom is 0.408 e. The van der Waals surface area contributed by atoms with Crippen molar-refractivity contribution in [3.8, 4) is 0 Å². The molecule has 0 aromatic heterocycles. The van der Waals surface area contributed by atoms with Gasteiger partial charge in [-0.05, 0) is 37.8 Å². The zero-order chi connectivity index (χ0) is 32.9. The van der Waals surface area contributed by atoms with Crippen LogP contribution in [-0.4, -0.2) is 72.2 Å². The van der Waals surface area contributed by atoms with E-state index in [4.69, 9.17) is 15.3 Å². The molecule has 0 unspecified atom stereocenters. The first-order valence-corrected chi connectivity index (χ1v) is 14.5. The number of methoxy groups -OCH3 is 1. The fraction of sp³-hybridized carbons (Fsp3) is 0.469. The van der Waals surface area contributed by atoms with Gasteiger partial charge in [0.2, 0.25) is 11.8 Å². The normalized spacial score (nSPS) is 13.8. The number of alkyl carbamates (subject to hydrolysis) is 1. The highest BCUT2D eigenvalue weighted by molar-refractivity contribution is 5.93. The molecule has 240 valence electrons. The summed E-state index contributed by atoms with van der Waals surface area (Å²) in [6, 6.07) is 15.0. The summed E-state index contributed by atoms with van der Waals surface area (Å²) in [5.41, 5.74) is 0.769. The Kier molecular flexibility index (Phi) is 13.8. The number of rotatable bonds is 14. The summed E-state index contributed by atoms with van der Waals surface area (Å²) in [6.07, 6.45) is 0.0137. The standard InChI is InChI=1S/C32H45N5O7/c1-7-21(2)27(28(39)34-25(30(41)43-6)19-23-16-12-9-13-17-23)36-26(38)20-37(33)29(40)24(18-22-14-10-8-11-15-22)35-31(42)44-32(3,4)5/h8-17,21,24-25,27H,7,18-20,33H2,1-6H3,(H,34,39)(H,35,42)(H,36,38)/t21-,24-,25-,27-/m0/s1. The van der Waals surface area contributed by atoms with Crippen LogP contribution in [0.25, 0.3) is 0 Å². The number of nitrogens with two attached hydrogens (primary N) is 1. The SMILES string of the molecule is CC[C@H](C)[C@H](NC(=O)CN(N)C(=O)[C@H](Cc1ccccc1)NC(=O)OC(C)(C)C)C(=O)N[C@@H](Cc1ccccc1)C(=O)OC. The van der Waals surface area contributed by atoms with Gasteiger partial charge in [0.15, 0.2) is 0 Å². The van der Waals surface area contributed by atoms with E-state index in [0.29, 0.717) is 11.4 Å². The minimum atomic E-state index is -1.13. The van der Waals surface area contributed by atoms with Crippen LogP contribution in [-0.2, 0) is 41.5 Å². The number of hydrogen-bond acceptors (Lipinski definition) is 8. The van der Waals surface area contributed by atoms with Crippen LogP contribution < -0.4 is 21.8 Å². The first-order chi connectivity index (χ1) is 20.7. The highest BCUT2D eigenvalue weighted by Gasteiger charge is 2.32. The van der Waals surface area contributed by atoms with E-state index in [-0.39, 0.29) is 18.8 Å². The number of nitrogens with one attached hydrogen (secondary N) is 3. The molecule has 44 heavy (non-hydrogen) atoms. The molecule has 4 amide bonds. The summed E-state index contributed by atoms with van der Waals surface area (Å²) in [5.74, 6) is 3.07. The highest BCUT2D eigenvalue weighted by atomic mass is 16.6. The summed E-state index contributed by atoms with van der Waals surface area (Å²) < 4.78 is 10.2. The molecule has 4 atom stereocenters. The van der Waals surface area contributed by atoms with E-state index in [1.807, 2.05) is 43.3 Å². The summed E-state index contributed by atoms with van der Waals surface area (Å²) in [5, 5.41) is 8.59. The molecular weight excluding hydrogens is 566 g/mol. The third-order valence-corrected chi connectivity index (χ3v) is 6.77. The second-order valence-electron chi connectivity index (χ2n) is 11.6. The predicted octanol–water partition coefficient (Wildman–Crippen LogP) is 2.26. The number of carbonyl (C=O) groups excluding carboxylic acids is 5. The van der Waals surface area contributed by atoms with Crippen molar-refractivity contribution in [3.63, 3.8) is 0 Å². The van der Waals surface area contributed by atoms with Crippen LogP contribution in [0.1, 0.15) is 52.2 Å². The number of nitrogens with zero attached hydrogens (tertiary/aromatic N) is 1. The Morgan fingerprint density at radius 2 is 1.36 bits per heavy atom. The first kappa shape index (κ1) is 35.7. The molecule has 0 radical (unpaired) electrons. The maximum atomic E-state index is 13.4. The Bertz CT molecular complexity index is 1250. The van der Waals surface area contributed by atoms with Gasteiger partial charge in [-0.3, -0.25) is 19.4 Å². The minimum Gasteiger partial charge on any atom is -0.467 e. The molecule has 0 aliphatic heterocycles. The van der Waals surface area contributed by atoms with Gasteiger partial charge in [-0.1, -0.05) is 80.9 Å². The van der Waals surface area contributed by atoms with E-state index >= 15 is 0 Å². The molecule has 12 heteroatoms. The van der Waals surface area contributed by atoms with E-state index in [1.54, 1.807) is 52.0 Å². The first-order valence-electron chi connectivity index (χ1n) is 14.5. The van der Waals surface area contributed by atoms with Crippen molar-refractivity contribution < 1.29 is 33.4 Å². The Balaban J connectivity index is 2.14. The van der Waals surface area contributed by atoms with Gasteiger partial charge in [-0.15, -0.1) is 0 Å². The quantitative estimate of drug-likeness (QED) is 0.109.